The molecule has 0 N–H and O–H groups in total. The van der Waals surface area contributed by atoms with Crippen molar-refractivity contribution < 1.29 is 22.7 Å². The minimum Gasteiger partial charge on any atom is -0.486 e. The Kier molecular flexibility index (Phi) is 5.42. The topological polar surface area (TPSA) is 85.8 Å². The summed E-state index contributed by atoms with van der Waals surface area (Å²) in [6.07, 6.45) is 1.28. The average Bonchev–Trinajstić information content (AvgIpc) is 3.15. The summed E-state index contributed by atoms with van der Waals surface area (Å²) >= 11 is 1.59. The van der Waals surface area contributed by atoms with Crippen LogP contribution in [-0.4, -0.2) is 43.9 Å². The molecule has 29 heavy (non-hydrogen) atoms. The number of benzene rings is 2. The number of carbonyl (C=O) groups excluding carboxylic acids is 1. The smallest absolute Gasteiger partial charge is 0.266 e. The predicted octanol–water partition coefficient (Wildman–Crippen LogP) is 3.24. The Bertz CT molecular complexity index is 1120. The van der Waals surface area contributed by atoms with Gasteiger partial charge in [-0.1, -0.05) is 12.1 Å². The van der Waals surface area contributed by atoms with Crippen molar-refractivity contribution in [1.29, 1.82) is 0 Å². The second-order valence-corrected chi connectivity index (χ2v) is 9.69. The van der Waals surface area contributed by atoms with Crippen molar-refractivity contribution in [2.75, 3.05) is 20.3 Å². The molecular weight excluding hydrogens is 412 g/mol. The zero-order chi connectivity index (χ0) is 20.4. The van der Waals surface area contributed by atoms with Gasteiger partial charge in [0.25, 0.3) is 10.0 Å². The molecule has 0 atom stereocenters. The quantitative estimate of drug-likeness (QED) is 0.594. The van der Waals surface area contributed by atoms with E-state index < -0.39 is 15.9 Å². The fourth-order valence-corrected chi connectivity index (χ4v) is 5.23. The Balaban J connectivity index is 1.40. The second-order valence-electron chi connectivity index (χ2n) is 6.60. The van der Waals surface area contributed by atoms with Gasteiger partial charge in [-0.3, -0.25) is 4.79 Å². The third kappa shape index (κ3) is 4.06. The van der Waals surface area contributed by atoms with Gasteiger partial charge >= 0.3 is 0 Å². The van der Waals surface area contributed by atoms with Crippen molar-refractivity contribution in [2.24, 2.45) is 0 Å². The molecule has 0 unspecified atom stereocenters. The van der Waals surface area contributed by atoms with Gasteiger partial charge in [0.2, 0.25) is 5.91 Å². The van der Waals surface area contributed by atoms with E-state index in [0.717, 1.165) is 19.5 Å². The van der Waals surface area contributed by atoms with Crippen LogP contribution in [0, 0.1) is 0 Å². The third-order valence-electron chi connectivity index (χ3n) is 4.64. The van der Waals surface area contributed by atoms with Crippen molar-refractivity contribution >= 4 is 37.5 Å². The summed E-state index contributed by atoms with van der Waals surface area (Å²) in [7, 11) is -2.67. The fourth-order valence-electron chi connectivity index (χ4n) is 3.05. The first-order valence-electron chi connectivity index (χ1n) is 9.21. The van der Waals surface area contributed by atoms with Gasteiger partial charge in [-0.25, -0.2) is 17.7 Å². The first kappa shape index (κ1) is 19.7. The van der Waals surface area contributed by atoms with E-state index in [0.29, 0.717) is 37.6 Å². The second kappa shape index (κ2) is 8.00. The molecule has 0 saturated heterocycles. The summed E-state index contributed by atoms with van der Waals surface area (Å²) in [6, 6.07) is 12.2. The Morgan fingerprint density at radius 3 is 2.69 bits per heavy atom. The monoisotopic (exact) mass is 432 g/mol. The minimum absolute atomic E-state index is 0.00349. The molecule has 2 heterocycles. The van der Waals surface area contributed by atoms with E-state index in [-0.39, 0.29) is 11.3 Å². The number of thiazole rings is 1. The molecule has 1 aromatic heterocycles. The molecule has 4 rings (SSSR count). The van der Waals surface area contributed by atoms with Crippen LogP contribution in [0.2, 0.25) is 0 Å². The summed E-state index contributed by atoms with van der Waals surface area (Å²) in [6.45, 7) is 0.781. The maximum absolute atomic E-state index is 12.8. The highest BCUT2D eigenvalue weighted by Gasteiger charge is 2.27. The average molecular weight is 433 g/mol. The Morgan fingerprint density at radius 2 is 1.90 bits per heavy atom. The van der Waals surface area contributed by atoms with Crippen LogP contribution < -0.4 is 9.47 Å². The lowest BCUT2D eigenvalue weighted by atomic mass is 10.2. The number of hydrogen-bond acceptors (Lipinski definition) is 7. The number of aromatic nitrogens is 1. The van der Waals surface area contributed by atoms with Crippen LogP contribution in [0.25, 0.3) is 10.2 Å². The van der Waals surface area contributed by atoms with Crippen LogP contribution in [0.4, 0.5) is 0 Å². The van der Waals surface area contributed by atoms with Crippen molar-refractivity contribution in [1.82, 2.24) is 9.29 Å². The van der Waals surface area contributed by atoms with E-state index in [1.807, 2.05) is 24.3 Å². The van der Waals surface area contributed by atoms with Gasteiger partial charge in [-0.05, 0) is 37.1 Å². The fraction of sp³-hybridized carbons (Fsp3) is 0.300. The molecule has 0 aliphatic carbocycles. The van der Waals surface area contributed by atoms with Crippen LogP contribution in [-0.2, 0) is 21.2 Å². The van der Waals surface area contributed by atoms with Crippen molar-refractivity contribution in [3.63, 3.8) is 0 Å². The number of sulfonamides is 1. The molecule has 0 radical (unpaired) electrons. The van der Waals surface area contributed by atoms with Crippen LogP contribution >= 0.6 is 11.3 Å². The molecule has 0 saturated carbocycles. The van der Waals surface area contributed by atoms with Crippen molar-refractivity contribution in [2.45, 2.75) is 24.2 Å². The SMILES string of the molecule is CN(C(=O)CCCc1nc2ccccc2s1)S(=O)(=O)c1ccc2c(c1)OCCO2. The molecule has 1 aliphatic heterocycles. The van der Waals surface area contributed by atoms with E-state index in [2.05, 4.69) is 4.98 Å². The Morgan fingerprint density at radius 1 is 1.14 bits per heavy atom. The van der Waals surface area contributed by atoms with Crippen LogP contribution in [0.15, 0.2) is 47.4 Å². The number of aryl methyl sites for hydroxylation is 1. The molecule has 0 bridgehead atoms. The highest BCUT2D eigenvalue weighted by atomic mass is 32.2. The number of nitrogens with zero attached hydrogens (tertiary/aromatic N) is 2. The van der Waals surface area contributed by atoms with Crippen LogP contribution in [0.5, 0.6) is 11.5 Å². The lowest BCUT2D eigenvalue weighted by Crippen LogP contribution is -2.33. The lowest BCUT2D eigenvalue weighted by molar-refractivity contribution is -0.125. The molecule has 1 aliphatic rings. The largest absolute Gasteiger partial charge is 0.486 e. The maximum atomic E-state index is 12.8. The van der Waals surface area contributed by atoms with Gasteiger partial charge in [0.05, 0.1) is 20.1 Å². The van der Waals surface area contributed by atoms with Crippen molar-refractivity contribution in [3.8, 4) is 11.5 Å². The number of amides is 1. The molecule has 7 nitrogen and oxygen atoms in total. The zero-order valence-corrected chi connectivity index (χ0v) is 17.5. The molecule has 1 amide bonds. The van der Waals surface area contributed by atoms with Crippen LogP contribution in [0.1, 0.15) is 17.8 Å². The van der Waals surface area contributed by atoms with Gasteiger partial charge in [0, 0.05) is 19.5 Å². The Labute approximate surface area is 172 Å². The Hall–Kier alpha value is -2.65. The summed E-state index contributed by atoms with van der Waals surface area (Å²) in [5.74, 6) is 0.412. The van der Waals surface area contributed by atoms with Gasteiger partial charge < -0.3 is 9.47 Å². The first-order valence-corrected chi connectivity index (χ1v) is 11.5. The number of fused-ring (bicyclic) bond motifs is 2. The summed E-state index contributed by atoms with van der Waals surface area (Å²) in [4.78, 5) is 17.0. The first-order chi connectivity index (χ1) is 13.9. The van der Waals surface area contributed by atoms with E-state index in [1.165, 1.54) is 19.2 Å². The minimum atomic E-state index is -3.95. The van der Waals surface area contributed by atoms with E-state index in [4.69, 9.17) is 9.47 Å². The molecule has 0 spiro atoms. The van der Waals surface area contributed by atoms with Gasteiger partial charge in [-0.15, -0.1) is 11.3 Å². The molecule has 152 valence electrons. The third-order valence-corrected chi connectivity index (χ3v) is 7.51. The molecule has 0 fully saturated rings. The predicted molar refractivity (Wildman–Crippen MR) is 110 cm³/mol. The number of rotatable bonds is 6. The molecular formula is C20H20N2O5S2. The lowest BCUT2D eigenvalue weighted by Gasteiger charge is -2.21. The van der Waals surface area contributed by atoms with E-state index in [9.17, 15) is 13.2 Å². The standard InChI is InChI=1S/C20H20N2O5S2/c1-22(29(24,25)14-9-10-16-17(13-14)27-12-11-26-16)20(23)8-4-7-19-21-15-5-2-3-6-18(15)28-19/h2-3,5-6,9-10,13H,4,7-8,11-12H2,1H3. The summed E-state index contributed by atoms with van der Waals surface area (Å²) in [5.41, 5.74) is 0.942. The zero-order valence-electron chi connectivity index (χ0n) is 15.8. The number of ether oxygens (including phenoxy) is 2. The summed E-state index contributed by atoms with van der Waals surface area (Å²) in [5, 5.41) is 0.941. The number of carbonyl (C=O) groups is 1. The molecule has 2 aromatic carbocycles. The molecule has 9 heteroatoms. The van der Waals surface area contributed by atoms with Gasteiger partial charge in [0.15, 0.2) is 11.5 Å². The maximum Gasteiger partial charge on any atom is 0.266 e. The van der Waals surface area contributed by atoms with E-state index in [1.54, 1.807) is 17.4 Å². The normalized spacial score (nSPS) is 13.4. The number of para-hydroxylation sites is 1. The van der Waals surface area contributed by atoms with Crippen molar-refractivity contribution in [3.05, 3.63) is 47.5 Å². The number of hydrogen-bond donors (Lipinski definition) is 0. The highest BCUT2D eigenvalue weighted by molar-refractivity contribution is 7.89. The van der Waals surface area contributed by atoms with E-state index >= 15 is 0 Å². The van der Waals surface area contributed by atoms with Crippen LogP contribution in [0.3, 0.4) is 0 Å². The summed E-state index contributed by atoms with van der Waals surface area (Å²) < 4.78 is 38.4. The highest BCUT2D eigenvalue weighted by Crippen LogP contribution is 2.33. The molecule has 3 aromatic rings. The van der Waals surface area contributed by atoms with Gasteiger partial charge in [0.1, 0.15) is 13.2 Å². The van der Waals surface area contributed by atoms with Gasteiger partial charge in [-0.2, -0.15) is 0 Å².